The van der Waals surface area contributed by atoms with E-state index in [1.54, 1.807) is 54.6 Å². The lowest BCUT2D eigenvalue weighted by atomic mass is 9.87. The Labute approximate surface area is 135 Å². The number of phenols is 1. The molecule has 0 unspecified atom stereocenters. The molecule has 0 radical (unpaired) electrons. The van der Waals surface area contributed by atoms with Crippen LogP contribution in [0.15, 0.2) is 59.0 Å². The summed E-state index contributed by atoms with van der Waals surface area (Å²) >= 11 is 0. The topological polar surface area (TPSA) is 67.5 Å². The quantitative estimate of drug-likeness (QED) is 0.468. The Kier molecular flexibility index (Phi) is 2.36. The molecule has 0 amide bonds. The summed E-state index contributed by atoms with van der Waals surface area (Å²) in [5, 5.41) is 11.9. The molecule has 4 nitrogen and oxygen atoms in total. The van der Waals surface area contributed by atoms with Crippen molar-refractivity contribution in [2.45, 2.75) is 0 Å². The van der Waals surface area contributed by atoms with Gasteiger partial charge in [-0.25, -0.2) is 0 Å². The molecule has 1 aliphatic rings. The van der Waals surface area contributed by atoms with Crippen molar-refractivity contribution < 1.29 is 19.1 Å². The highest BCUT2D eigenvalue weighted by Gasteiger charge is 2.35. The molecule has 5 rings (SSSR count). The maximum absolute atomic E-state index is 12.9. The van der Waals surface area contributed by atoms with Gasteiger partial charge in [-0.15, -0.1) is 0 Å². The Bertz CT molecular complexity index is 1200. The van der Waals surface area contributed by atoms with Crippen LogP contribution in [0.1, 0.15) is 32.0 Å². The average molecular weight is 314 g/mol. The van der Waals surface area contributed by atoms with Crippen molar-refractivity contribution in [1.82, 2.24) is 0 Å². The van der Waals surface area contributed by atoms with Gasteiger partial charge >= 0.3 is 0 Å². The summed E-state index contributed by atoms with van der Waals surface area (Å²) in [6.07, 6.45) is 0. The van der Waals surface area contributed by atoms with Crippen LogP contribution in [0.4, 0.5) is 0 Å². The Morgan fingerprint density at radius 2 is 1.42 bits per heavy atom. The van der Waals surface area contributed by atoms with Crippen molar-refractivity contribution in [3.63, 3.8) is 0 Å². The lowest BCUT2D eigenvalue weighted by Gasteiger charge is -2.12. The predicted octanol–water partition coefficient (Wildman–Crippen LogP) is 4.07. The van der Waals surface area contributed by atoms with Crippen LogP contribution in [0.2, 0.25) is 0 Å². The third-order valence-corrected chi connectivity index (χ3v) is 4.54. The van der Waals surface area contributed by atoms with Crippen molar-refractivity contribution in [3.05, 3.63) is 77.0 Å². The largest absolute Gasteiger partial charge is 0.507 e. The summed E-state index contributed by atoms with van der Waals surface area (Å²) in [4.78, 5) is 25.6. The molecule has 1 aliphatic carbocycles. The highest BCUT2D eigenvalue weighted by molar-refractivity contribution is 6.32. The van der Waals surface area contributed by atoms with Gasteiger partial charge in [0.15, 0.2) is 11.5 Å². The number of benzene rings is 3. The summed E-state index contributed by atoms with van der Waals surface area (Å²) in [6.45, 7) is 0. The van der Waals surface area contributed by atoms with Gasteiger partial charge in [-0.1, -0.05) is 36.4 Å². The Balaban J connectivity index is 1.93. The molecule has 0 bridgehead atoms. The fourth-order valence-corrected chi connectivity index (χ4v) is 3.42. The van der Waals surface area contributed by atoms with Crippen LogP contribution in [0.3, 0.4) is 0 Å². The first kappa shape index (κ1) is 13.1. The van der Waals surface area contributed by atoms with Crippen molar-refractivity contribution in [3.8, 4) is 5.75 Å². The average Bonchev–Trinajstić information content (AvgIpc) is 3.00. The number of phenolic OH excluding ortho intramolecular Hbond substituents is 1. The van der Waals surface area contributed by atoms with Gasteiger partial charge in [-0.3, -0.25) is 9.59 Å². The minimum atomic E-state index is -0.287. The van der Waals surface area contributed by atoms with E-state index in [1.165, 1.54) is 0 Å². The van der Waals surface area contributed by atoms with E-state index in [0.717, 1.165) is 0 Å². The van der Waals surface area contributed by atoms with Crippen molar-refractivity contribution in [2.24, 2.45) is 0 Å². The van der Waals surface area contributed by atoms with Crippen molar-refractivity contribution >= 4 is 33.3 Å². The monoisotopic (exact) mass is 314 g/mol. The Morgan fingerprint density at radius 3 is 2.21 bits per heavy atom. The highest BCUT2D eigenvalue weighted by atomic mass is 16.3. The first-order chi connectivity index (χ1) is 11.7. The van der Waals surface area contributed by atoms with Gasteiger partial charge < -0.3 is 9.52 Å². The molecule has 3 aromatic carbocycles. The van der Waals surface area contributed by atoms with Gasteiger partial charge in [0, 0.05) is 27.3 Å². The van der Waals surface area contributed by atoms with Gasteiger partial charge in [0.25, 0.3) is 0 Å². The number of fused-ring (bicyclic) bond motifs is 6. The zero-order valence-electron chi connectivity index (χ0n) is 12.4. The lowest BCUT2D eigenvalue weighted by molar-refractivity contribution is 0.0962. The molecule has 0 saturated carbocycles. The SMILES string of the molecule is O=C1c2ccccc2C(=O)c2c1oc1c2ccc2c(O)cccc21. The molecule has 0 atom stereocenters. The van der Waals surface area contributed by atoms with Gasteiger partial charge in [-0.05, 0) is 18.2 Å². The van der Waals surface area contributed by atoms with E-state index in [0.29, 0.717) is 38.4 Å². The maximum Gasteiger partial charge on any atom is 0.229 e. The minimum Gasteiger partial charge on any atom is -0.507 e. The van der Waals surface area contributed by atoms with E-state index in [-0.39, 0.29) is 23.1 Å². The van der Waals surface area contributed by atoms with Crippen LogP contribution in [0.5, 0.6) is 5.75 Å². The standard InChI is InChI=1S/C20H10O4/c21-15-7-3-6-13-10(15)8-9-14-16-17(22)11-4-1-2-5-12(11)18(23)20(16)24-19(13)14/h1-9,21H. The molecule has 1 aromatic heterocycles. The van der Waals surface area contributed by atoms with Crippen LogP contribution in [0.25, 0.3) is 21.7 Å². The highest BCUT2D eigenvalue weighted by Crippen LogP contribution is 2.39. The number of ketones is 2. The molecular weight excluding hydrogens is 304 g/mol. The molecule has 24 heavy (non-hydrogen) atoms. The fraction of sp³-hybridized carbons (Fsp3) is 0. The van der Waals surface area contributed by atoms with Gasteiger partial charge in [0.1, 0.15) is 11.3 Å². The zero-order chi connectivity index (χ0) is 16.4. The number of carbonyl (C=O) groups is 2. The molecule has 114 valence electrons. The van der Waals surface area contributed by atoms with E-state index in [4.69, 9.17) is 4.42 Å². The summed E-state index contributed by atoms with van der Waals surface area (Å²) in [7, 11) is 0. The maximum atomic E-state index is 12.9. The Hall–Kier alpha value is -3.40. The predicted molar refractivity (Wildman–Crippen MR) is 88.7 cm³/mol. The third kappa shape index (κ3) is 1.47. The van der Waals surface area contributed by atoms with E-state index in [9.17, 15) is 14.7 Å². The molecule has 0 fully saturated rings. The van der Waals surface area contributed by atoms with Gasteiger partial charge in [0.05, 0.1) is 5.56 Å². The summed E-state index contributed by atoms with van der Waals surface area (Å²) in [5.74, 6) is -0.294. The Morgan fingerprint density at radius 1 is 0.708 bits per heavy atom. The van der Waals surface area contributed by atoms with Gasteiger partial charge in [0.2, 0.25) is 5.78 Å². The van der Waals surface area contributed by atoms with Gasteiger partial charge in [-0.2, -0.15) is 0 Å². The molecule has 4 aromatic rings. The molecule has 0 aliphatic heterocycles. The third-order valence-electron chi connectivity index (χ3n) is 4.54. The molecule has 1 N–H and O–H groups in total. The molecule has 0 spiro atoms. The zero-order valence-corrected chi connectivity index (χ0v) is 12.4. The second-order valence-corrected chi connectivity index (χ2v) is 5.82. The number of hydrogen-bond acceptors (Lipinski definition) is 4. The molecule has 1 heterocycles. The summed E-state index contributed by atoms with van der Waals surface area (Å²) < 4.78 is 5.82. The first-order valence-corrected chi connectivity index (χ1v) is 7.52. The summed E-state index contributed by atoms with van der Waals surface area (Å²) in [5.41, 5.74) is 1.51. The molecule has 0 saturated heterocycles. The van der Waals surface area contributed by atoms with E-state index >= 15 is 0 Å². The van der Waals surface area contributed by atoms with Crippen LogP contribution in [-0.2, 0) is 0 Å². The normalized spacial score (nSPS) is 13.3. The smallest absolute Gasteiger partial charge is 0.229 e. The molecular formula is C20H10O4. The second-order valence-electron chi connectivity index (χ2n) is 5.82. The minimum absolute atomic E-state index is 0.0737. The van der Waals surface area contributed by atoms with Crippen LogP contribution in [-0.4, -0.2) is 16.7 Å². The van der Waals surface area contributed by atoms with Crippen molar-refractivity contribution in [2.75, 3.05) is 0 Å². The van der Waals surface area contributed by atoms with Crippen LogP contribution in [0, 0.1) is 0 Å². The second kappa shape index (κ2) is 4.32. The van der Waals surface area contributed by atoms with Crippen LogP contribution < -0.4 is 0 Å². The van der Waals surface area contributed by atoms with Crippen molar-refractivity contribution in [1.29, 1.82) is 0 Å². The number of furan rings is 1. The lowest BCUT2D eigenvalue weighted by Crippen LogP contribution is -2.19. The fourth-order valence-electron chi connectivity index (χ4n) is 3.42. The number of hydrogen-bond donors (Lipinski definition) is 1. The molecule has 4 heteroatoms. The van der Waals surface area contributed by atoms with Crippen LogP contribution >= 0.6 is 0 Å². The summed E-state index contributed by atoms with van der Waals surface area (Å²) in [6, 6.07) is 15.3. The van der Waals surface area contributed by atoms with E-state index in [2.05, 4.69) is 0 Å². The van der Waals surface area contributed by atoms with E-state index in [1.807, 2.05) is 0 Å². The van der Waals surface area contributed by atoms with E-state index < -0.39 is 0 Å². The number of rotatable bonds is 0. The first-order valence-electron chi connectivity index (χ1n) is 7.52. The number of aromatic hydroxyl groups is 1. The number of carbonyl (C=O) groups excluding carboxylic acids is 2.